The summed E-state index contributed by atoms with van der Waals surface area (Å²) in [5.41, 5.74) is 0. The molecule has 1 amide bonds. The molecular formula is C13H23NO3. The number of amides is 1. The van der Waals surface area contributed by atoms with E-state index >= 15 is 0 Å². The summed E-state index contributed by atoms with van der Waals surface area (Å²) in [6, 6.07) is 0.303. The molecule has 1 aliphatic carbocycles. The normalized spacial score (nSPS) is 25.0. The molecule has 2 atom stereocenters. The highest BCUT2D eigenvalue weighted by Crippen LogP contribution is 2.22. The average molecular weight is 241 g/mol. The van der Waals surface area contributed by atoms with E-state index in [1.54, 1.807) is 0 Å². The van der Waals surface area contributed by atoms with Gasteiger partial charge in [-0.1, -0.05) is 19.8 Å². The van der Waals surface area contributed by atoms with Crippen LogP contribution in [0.5, 0.6) is 0 Å². The van der Waals surface area contributed by atoms with Crippen molar-refractivity contribution in [3.05, 3.63) is 0 Å². The lowest BCUT2D eigenvalue weighted by Crippen LogP contribution is -2.34. The van der Waals surface area contributed by atoms with Crippen molar-refractivity contribution in [1.29, 1.82) is 0 Å². The third-order valence-corrected chi connectivity index (χ3v) is 3.42. The third kappa shape index (κ3) is 6.29. The Kier molecular flexibility index (Phi) is 6.01. The van der Waals surface area contributed by atoms with Crippen LogP contribution < -0.4 is 5.32 Å². The van der Waals surface area contributed by atoms with E-state index in [-0.39, 0.29) is 12.3 Å². The summed E-state index contributed by atoms with van der Waals surface area (Å²) < 4.78 is 0. The number of nitrogens with one attached hydrogen (secondary N) is 1. The second-order valence-corrected chi connectivity index (χ2v) is 5.13. The summed E-state index contributed by atoms with van der Waals surface area (Å²) in [4.78, 5) is 21.9. The topological polar surface area (TPSA) is 66.4 Å². The molecule has 0 spiro atoms. The van der Waals surface area contributed by atoms with Gasteiger partial charge in [0.1, 0.15) is 0 Å². The molecule has 0 aromatic heterocycles. The summed E-state index contributed by atoms with van der Waals surface area (Å²) in [7, 11) is 0. The Morgan fingerprint density at radius 1 is 1.18 bits per heavy atom. The van der Waals surface area contributed by atoms with E-state index in [1.807, 2.05) is 0 Å². The van der Waals surface area contributed by atoms with Crippen molar-refractivity contribution in [3.63, 3.8) is 0 Å². The minimum atomic E-state index is -0.832. The molecule has 4 nitrogen and oxygen atoms in total. The van der Waals surface area contributed by atoms with Crippen molar-refractivity contribution in [1.82, 2.24) is 5.32 Å². The van der Waals surface area contributed by atoms with Gasteiger partial charge in [-0.15, -0.1) is 0 Å². The standard InChI is InChI=1S/C13H23NO3/c1-10-4-2-5-11(9-8-10)14-12(15)6-3-7-13(16)17/h10-11H,2-9H2,1H3,(H,14,15)(H,16,17). The lowest BCUT2D eigenvalue weighted by atomic mass is 10.0. The SMILES string of the molecule is CC1CCCC(NC(=O)CCCC(=O)O)CC1. The molecule has 0 bridgehead atoms. The third-order valence-electron chi connectivity index (χ3n) is 3.42. The van der Waals surface area contributed by atoms with Crippen LogP contribution in [0.4, 0.5) is 0 Å². The van der Waals surface area contributed by atoms with Crippen molar-refractivity contribution >= 4 is 11.9 Å². The van der Waals surface area contributed by atoms with E-state index in [0.29, 0.717) is 18.9 Å². The first-order chi connectivity index (χ1) is 8.08. The molecule has 4 heteroatoms. The van der Waals surface area contributed by atoms with Crippen LogP contribution in [-0.4, -0.2) is 23.0 Å². The summed E-state index contributed by atoms with van der Waals surface area (Å²) in [5, 5.41) is 11.5. The molecule has 0 saturated heterocycles. The van der Waals surface area contributed by atoms with E-state index < -0.39 is 5.97 Å². The number of hydrogen-bond donors (Lipinski definition) is 2. The van der Waals surface area contributed by atoms with Gasteiger partial charge in [0.05, 0.1) is 0 Å². The highest BCUT2D eigenvalue weighted by atomic mass is 16.4. The maximum absolute atomic E-state index is 11.6. The molecule has 0 heterocycles. The second kappa shape index (κ2) is 7.30. The Bertz CT molecular complexity index is 265. The molecule has 1 fully saturated rings. The second-order valence-electron chi connectivity index (χ2n) is 5.13. The maximum atomic E-state index is 11.6. The van der Waals surface area contributed by atoms with Gasteiger partial charge in [-0.2, -0.15) is 0 Å². The first kappa shape index (κ1) is 14.0. The fourth-order valence-electron chi connectivity index (χ4n) is 2.33. The van der Waals surface area contributed by atoms with E-state index in [2.05, 4.69) is 12.2 Å². The lowest BCUT2D eigenvalue weighted by Gasteiger charge is -2.16. The van der Waals surface area contributed by atoms with Gasteiger partial charge in [-0.25, -0.2) is 0 Å². The molecule has 0 aliphatic heterocycles. The molecule has 1 saturated carbocycles. The number of rotatable bonds is 5. The molecule has 17 heavy (non-hydrogen) atoms. The lowest BCUT2D eigenvalue weighted by molar-refractivity contribution is -0.137. The van der Waals surface area contributed by atoms with Gasteiger partial charge in [-0.3, -0.25) is 9.59 Å². The van der Waals surface area contributed by atoms with Crippen molar-refractivity contribution in [3.8, 4) is 0 Å². The van der Waals surface area contributed by atoms with Crippen LogP contribution in [0, 0.1) is 5.92 Å². The van der Waals surface area contributed by atoms with Gasteiger partial charge in [0.2, 0.25) is 5.91 Å². The Hall–Kier alpha value is -1.06. The largest absolute Gasteiger partial charge is 0.481 e. The van der Waals surface area contributed by atoms with Gasteiger partial charge in [0.15, 0.2) is 0 Å². The minimum absolute atomic E-state index is 0.00537. The van der Waals surface area contributed by atoms with Gasteiger partial charge in [-0.05, 0) is 31.6 Å². The highest BCUT2D eigenvalue weighted by Gasteiger charge is 2.17. The number of hydrogen-bond acceptors (Lipinski definition) is 2. The van der Waals surface area contributed by atoms with Crippen LogP contribution in [0.1, 0.15) is 58.3 Å². The zero-order valence-electron chi connectivity index (χ0n) is 10.6. The summed E-state index contributed by atoms with van der Waals surface area (Å²) in [6.45, 7) is 2.26. The van der Waals surface area contributed by atoms with Crippen molar-refractivity contribution < 1.29 is 14.7 Å². The fraction of sp³-hybridized carbons (Fsp3) is 0.846. The molecule has 98 valence electrons. The fourth-order valence-corrected chi connectivity index (χ4v) is 2.33. The van der Waals surface area contributed by atoms with Gasteiger partial charge < -0.3 is 10.4 Å². The molecule has 1 aliphatic rings. The van der Waals surface area contributed by atoms with E-state index in [1.165, 1.54) is 19.3 Å². The van der Waals surface area contributed by atoms with Crippen molar-refractivity contribution in [2.45, 2.75) is 64.3 Å². The summed E-state index contributed by atoms with van der Waals surface area (Å²) in [5.74, 6) is -0.0594. The van der Waals surface area contributed by atoms with Gasteiger partial charge >= 0.3 is 5.97 Å². The number of carbonyl (C=O) groups is 2. The number of aliphatic carboxylic acids is 1. The predicted molar refractivity (Wildman–Crippen MR) is 65.7 cm³/mol. The Morgan fingerprint density at radius 3 is 2.65 bits per heavy atom. The first-order valence-electron chi connectivity index (χ1n) is 6.59. The predicted octanol–water partition coefficient (Wildman–Crippen LogP) is 2.33. The molecule has 0 aromatic rings. The van der Waals surface area contributed by atoms with Crippen molar-refractivity contribution in [2.24, 2.45) is 5.92 Å². The number of carboxylic acid groups (broad SMARTS) is 1. The maximum Gasteiger partial charge on any atom is 0.303 e. The number of carboxylic acids is 1. The van der Waals surface area contributed by atoms with Gasteiger partial charge in [0.25, 0.3) is 0 Å². The zero-order valence-corrected chi connectivity index (χ0v) is 10.6. The van der Waals surface area contributed by atoms with Crippen LogP contribution >= 0.6 is 0 Å². The Labute approximate surface area is 103 Å². The monoisotopic (exact) mass is 241 g/mol. The van der Waals surface area contributed by atoms with Crippen LogP contribution in [-0.2, 0) is 9.59 Å². The smallest absolute Gasteiger partial charge is 0.303 e. The van der Waals surface area contributed by atoms with Crippen LogP contribution in [0.3, 0.4) is 0 Å². The summed E-state index contributed by atoms with van der Waals surface area (Å²) >= 11 is 0. The average Bonchev–Trinajstić information content (AvgIpc) is 2.43. The quantitative estimate of drug-likeness (QED) is 0.726. The molecule has 2 unspecified atom stereocenters. The molecule has 0 aromatic carbocycles. The van der Waals surface area contributed by atoms with E-state index in [9.17, 15) is 9.59 Å². The van der Waals surface area contributed by atoms with E-state index in [0.717, 1.165) is 18.8 Å². The minimum Gasteiger partial charge on any atom is -0.481 e. The highest BCUT2D eigenvalue weighted by molar-refractivity contribution is 5.77. The van der Waals surface area contributed by atoms with Gasteiger partial charge in [0, 0.05) is 18.9 Å². The molecular weight excluding hydrogens is 218 g/mol. The Morgan fingerprint density at radius 2 is 1.94 bits per heavy atom. The molecule has 0 radical (unpaired) electrons. The zero-order chi connectivity index (χ0) is 12.7. The Balaban J connectivity index is 2.18. The summed E-state index contributed by atoms with van der Waals surface area (Å²) in [6.07, 6.45) is 6.59. The number of carbonyl (C=O) groups excluding carboxylic acids is 1. The first-order valence-corrected chi connectivity index (χ1v) is 6.59. The van der Waals surface area contributed by atoms with Crippen LogP contribution in [0.15, 0.2) is 0 Å². The molecule has 1 rings (SSSR count). The molecule has 2 N–H and O–H groups in total. The van der Waals surface area contributed by atoms with Crippen molar-refractivity contribution in [2.75, 3.05) is 0 Å². The van der Waals surface area contributed by atoms with E-state index in [4.69, 9.17) is 5.11 Å². The van der Waals surface area contributed by atoms with Crippen LogP contribution in [0.2, 0.25) is 0 Å². The van der Waals surface area contributed by atoms with Crippen LogP contribution in [0.25, 0.3) is 0 Å².